The van der Waals surface area contributed by atoms with E-state index in [1.54, 1.807) is 0 Å². The Bertz CT molecular complexity index is 2710. The third kappa shape index (κ3) is 6.59. The molecular weight excluding hydrogens is 697 g/mol. The number of nitrogens with zero attached hydrogens (tertiary/aromatic N) is 6. The molecule has 6 nitrogen and oxygen atoms in total. The monoisotopic (exact) mass is 738 g/mol. The SMILES string of the molecule is Cc1nc2ccccc2n1Cc1ccc(-c2cc(-c3ccc(Cn4c(C)nc5ccccc54)cc3)cc(-c3ccc(Cn4c(C)nc5ccccc54)cc3)c2)cc1. The first-order valence-electron chi connectivity index (χ1n) is 19.6. The van der Waals surface area contributed by atoms with E-state index in [0.29, 0.717) is 0 Å². The summed E-state index contributed by atoms with van der Waals surface area (Å²) in [6, 6.07) is 59.1. The van der Waals surface area contributed by atoms with Gasteiger partial charge < -0.3 is 13.7 Å². The molecule has 7 aromatic carbocycles. The molecule has 0 N–H and O–H groups in total. The summed E-state index contributed by atoms with van der Waals surface area (Å²) < 4.78 is 6.89. The summed E-state index contributed by atoms with van der Waals surface area (Å²) in [4.78, 5) is 14.4. The molecule has 0 atom stereocenters. The van der Waals surface area contributed by atoms with Gasteiger partial charge in [-0.05, 0) is 125 Å². The fourth-order valence-electron chi connectivity index (χ4n) is 8.27. The van der Waals surface area contributed by atoms with Crippen LogP contribution in [0.4, 0.5) is 0 Å². The molecule has 0 radical (unpaired) electrons. The number of imidazole rings is 3. The summed E-state index contributed by atoms with van der Waals surface area (Å²) in [5.41, 5.74) is 17.5. The van der Waals surface area contributed by atoms with Gasteiger partial charge in [0.25, 0.3) is 0 Å². The molecule has 3 heterocycles. The molecule has 3 aromatic heterocycles. The van der Waals surface area contributed by atoms with Crippen molar-refractivity contribution in [1.82, 2.24) is 28.7 Å². The molecule has 10 aromatic rings. The molecular formula is C51H42N6. The summed E-state index contributed by atoms with van der Waals surface area (Å²) >= 11 is 0. The molecule has 0 fully saturated rings. The molecule has 0 unspecified atom stereocenters. The lowest BCUT2D eigenvalue weighted by Crippen LogP contribution is -2.02. The highest BCUT2D eigenvalue weighted by Crippen LogP contribution is 2.34. The standard InChI is InChI=1S/C51H42N6/c1-34-52-46-10-4-7-13-49(46)55(34)31-37-16-22-40(23-17-37)43-28-44(41-24-18-38(19-25-41)32-56-35(2)53-47-11-5-8-14-50(47)56)30-45(29-43)42-26-20-39(21-27-42)33-57-36(3)54-48-12-6-9-15-51(48)57/h4-30H,31-33H2,1-3H3. The van der Waals surface area contributed by atoms with Crippen LogP contribution in [0, 0.1) is 20.8 Å². The molecule has 57 heavy (non-hydrogen) atoms. The molecule has 0 saturated carbocycles. The second-order valence-corrected chi connectivity index (χ2v) is 15.1. The number of hydrogen-bond donors (Lipinski definition) is 0. The van der Waals surface area contributed by atoms with Crippen molar-refractivity contribution in [2.75, 3.05) is 0 Å². The summed E-state index contributed by atoms with van der Waals surface area (Å²) in [5, 5.41) is 0. The minimum absolute atomic E-state index is 0.777. The number of benzene rings is 7. The molecule has 276 valence electrons. The minimum Gasteiger partial charge on any atom is -0.324 e. The van der Waals surface area contributed by atoms with Crippen molar-refractivity contribution in [3.63, 3.8) is 0 Å². The Labute approximate surface area is 332 Å². The summed E-state index contributed by atoms with van der Waals surface area (Å²) in [5.74, 6) is 3.07. The number of aryl methyl sites for hydroxylation is 3. The highest BCUT2D eigenvalue weighted by atomic mass is 15.1. The van der Waals surface area contributed by atoms with Gasteiger partial charge in [-0.2, -0.15) is 0 Å². The Morgan fingerprint density at radius 1 is 0.316 bits per heavy atom. The lowest BCUT2D eigenvalue weighted by molar-refractivity contribution is 0.786. The fourth-order valence-corrected chi connectivity index (χ4v) is 8.27. The second kappa shape index (κ2) is 14.2. The van der Waals surface area contributed by atoms with Crippen molar-refractivity contribution in [3.8, 4) is 33.4 Å². The Morgan fingerprint density at radius 2 is 0.579 bits per heavy atom. The van der Waals surface area contributed by atoms with Gasteiger partial charge in [0.1, 0.15) is 17.5 Å². The van der Waals surface area contributed by atoms with Crippen molar-refractivity contribution in [2.24, 2.45) is 0 Å². The van der Waals surface area contributed by atoms with E-state index in [9.17, 15) is 0 Å². The first kappa shape index (κ1) is 34.4. The number of rotatable bonds is 9. The molecule has 0 saturated heterocycles. The van der Waals surface area contributed by atoms with E-state index >= 15 is 0 Å². The molecule has 0 bridgehead atoms. The Balaban J connectivity index is 0.981. The van der Waals surface area contributed by atoms with Gasteiger partial charge in [-0.15, -0.1) is 0 Å². The van der Waals surface area contributed by atoms with E-state index in [2.05, 4.69) is 180 Å². The van der Waals surface area contributed by atoms with Crippen LogP contribution in [0.5, 0.6) is 0 Å². The lowest BCUT2D eigenvalue weighted by Gasteiger charge is -2.14. The minimum atomic E-state index is 0.777. The van der Waals surface area contributed by atoms with Gasteiger partial charge in [0.15, 0.2) is 0 Å². The van der Waals surface area contributed by atoms with E-state index in [1.165, 1.54) is 50.1 Å². The first-order chi connectivity index (χ1) is 27.9. The Kier molecular flexibility index (Phi) is 8.59. The maximum atomic E-state index is 4.79. The van der Waals surface area contributed by atoms with Crippen LogP contribution < -0.4 is 0 Å². The molecule has 0 aliphatic carbocycles. The third-order valence-corrected chi connectivity index (χ3v) is 11.4. The van der Waals surface area contributed by atoms with Crippen molar-refractivity contribution in [3.05, 3.63) is 198 Å². The molecule has 0 spiro atoms. The van der Waals surface area contributed by atoms with Crippen LogP contribution in [0.25, 0.3) is 66.5 Å². The van der Waals surface area contributed by atoms with Crippen molar-refractivity contribution >= 4 is 33.1 Å². The average Bonchev–Trinajstić information content (AvgIpc) is 3.86. The van der Waals surface area contributed by atoms with Gasteiger partial charge in [-0.1, -0.05) is 109 Å². The number of fused-ring (bicyclic) bond motifs is 3. The summed E-state index contributed by atoms with van der Waals surface area (Å²) in [6.45, 7) is 8.59. The van der Waals surface area contributed by atoms with Gasteiger partial charge in [0, 0.05) is 19.6 Å². The van der Waals surface area contributed by atoms with Crippen molar-refractivity contribution in [2.45, 2.75) is 40.4 Å². The van der Waals surface area contributed by atoms with Crippen LogP contribution in [-0.2, 0) is 19.6 Å². The Hall–Kier alpha value is -7.05. The van der Waals surface area contributed by atoms with Crippen LogP contribution in [0.2, 0.25) is 0 Å². The predicted octanol–water partition coefficient (Wildman–Crippen LogP) is 11.8. The fraction of sp³-hybridized carbons (Fsp3) is 0.118. The van der Waals surface area contributed by atoms with Gasteiger partial charge in [-0.3, -0.25) is 0 Å². The van der Waals surface area contributed by atoms with Crippen LogP contribution in [0.15, 0.2) is 164 Å². The molecule has 6 heteroatoms. The predicted molar refractivity (Wildman–Crippen MR) is 233 cm³/mol. The maximum Gasteiger partial charge on any atom is 0.107 e. The largest absolute Gasteiger partial charge is 0.324 e. The van der Waals surface area contributed by atoms with E-state index in [0.717, 1.165) is 70.2 Å². The zero-order chi connectivity index (χ0) is 38.5. The smallest absolute Gasteiger partial charge is 0.107 e. The van der Waals surface area contributed by atoms with Gasteiger partial charge >= 0.3 is 0 Å². The quantitative estimate of drug-likeness (QED) is 0.148. The molecule has 0 aliphatic rings. The van der Waals surface area contributed by atoms with Crippen molar-refractivity contribution in [1.29, 1.82) is 0 Å². The van der Waals surface area contributed by atoms with E-state index < -0.39 is 0 Å². The van der Waals surface area contributed by atoms with Gasteiger partial charge in [0.2, 0.25) is 0 Å². The summed E-state index contributed by atoms with van der Waals surface area (Å²) in [7, 11) is 0. The van der Waals surface area contributed by atoms with Crippen LogP contribution >= 0.6 is 0 Å². The van der Waals surface area contributed by atoms with Crippen LogP contribution in [0.1, 0.15) is 34.2 Å². The second-order valence-electron chi connectivity index (χ2n) is 15.1. The normalized spacial score (nSPS) is 11.6. The van der Waals surface area contributed by atoms with E-state index in [-0.39, 0.29) is 0 Å². The highest BCUT2D eigenvalue weighted by molar-refractivity contribution is 5.82. The number of hydrogen-bond acceptors (Lipinski definition) is 3. The van der Waals surface area contributed by atoms with Crippen LogP contribution in [-0.4, -0.2) is 28.7 Å². The molecule has 0 aliphatic heterocycles. The van der Waals surface area contributed by atoms with E-state index in [4.69, 9.17) is 15.0 Å². The Morgan fingerprint density at radius 3 is 0.860 bits per heavy atom. The third-order valence-electron chi connectivity index (χ3n) is 11.4. The molecule has 10 rings (SSSR count). The number of aromatic nitrogens is 6. The maximum absolute atomic E-state index is 4.79. The zero-order valence-electron chi connectivity index (χ0n) is 32.4. The van der Waals surface area contributed by atoms with E-state index in [1.807, 2.05) is 18.2 Å². The van der Waals surface area contributed by atoms with Crippen molar-refractivity contribution < 1.29 is 0 Å². The average molecular weight is 739 g/mol. The van der Waals surface area contributed by atoms with Crippen LogP contribution in [0.3, 0.4) is 0 Å². The topological polar surface area (TPSA) is 53.5 Å². The van der Waals surface area contributed by atoms with Gasteiger partial charge in [-0.25, -0.2) is 15.0 Å². The lowest BCUT2D eigenvalue weighted by atomic mass is 9.92. The first-order valence-corrected chi connectivity index (χ1v) is 19.6. The summed E-state index contributed by atoms with van der Waals surface area (Å²) in [6.07, 6.45) is 0. The van der Waals surface area contributed by atoms with Gasteiger partial charge in [0.05, 0.1) is 33.1 Å². The zero-order valence-corrected chi connectivity index (χ0v) is 32.4. The number of para-hydroxylation sites is 6. The molecule has 0 amide bonds. The highest BCUT2D eigenvalue weighted by Gasteiger charge is 2.13.